The Bertz CT molecular complexity index is 1390. The van der Waals surface area contributed by atoms with Crippen LogP contribution in [0.1, 0.15) is 25.0 Å². The zero-order chi connectivity index (χ0) is 22.8. The van der Waals surface area contributed by atoms with Gasteiger partial charge in [0, 0.05) is 35.9 Å². The summed E-state index contributed by atoms with van der Waals surface area (Å²) in [4.78, 5) is 18.5. The minimum absolute atomic E-state index is 0.114. The molecule has 1 saturated heterocycles. The number of piperidine rings is 1. The van der Waals surface area contributed by atoms with Crippen LogP contribution in [-0.2, 0) is 21.2 Å². The van der Waals surface area contributed by atoms with Gasteiger partial charge in [-0.15, -0.1) is 11.3 Å². The Morgan fingerprint density at radius 3 is 2.52 bits per heavy atom. The third kappa shape index (κ3) is 4.44. The van der Waals surface area contributed by atoms with Gasteiger partial charge in [0.05, 0.1) is 17.8 Å². The topological polar surface area (TPSA) is 83.8 Å². The normalized spacial score (nSPS) is 15.0. The number of amides is 1. The smallest absolute Gasteiger partial charge is 0.245 e. The summed E-state index contributed by atoms with van der Waals surface area (Å²) in [6.07, 6.45) is 4.80. The summed E-state index contributed by atoms with van der Waals surface area (Å²) in [6, 6.07) is 16.5. The Morgan fingerprint density at radius 2 is 1.73 bits per heavy atom. The first-order valence-electron chi connectivity index (χ1n) is 10.9. The van der Waals surface area contributed by atoms with Crippen LogP contribution in [0.15, 0.2) is 71.1 Å². The zero-order valence-electron chi connectivity index (χ0n) is 18.0. The van der Waals surface area contributed by atoms with Crippen LogP contribution >= 0.6 is 11.3 Å². The van der Waals surface area contributed by atoms with Crippen LogP contribution in [0.25, 0.3) is 16.2 Å². The highest BCUT2D eigenvalue weighted by Crippen LogP contribution is 2.28. The molecule has 0 spiro atoms. The van der Waals surface area contributed by atoms with Gasteiger partial charge in [0.25, 0.3) is 0 Å². The van der Waals surface area contributed by atoms with E-state index in [-0.39, 0.29) is 17.2 Å². The summed E-state index contributed by atoms with van der Waals surface area (Å²) in [7, 11) is -3.66. The summed E-state index contributed by atoms with van der Waals surface area (Å²) in [5.41, 5.74) is 2.98. The second-order valence-corrected chi connectivity index (χ2v) is 10.8. The summed E-state index contributed by atoms with van der Waals surface area (Å²) in [6.45, 7) is 1.03. The molecule has 1 aliphatic rings. The number of para-hydroxylation sites is 1. The lowest BCUT2D eigenvalue weighted by atomic mass is 10.2. The Labute approximate surface area is 196 Å². The molecule has 3 heterocycles. The quantitative estimate of drug-likeness (QED) is 0.443. The first-order chi connectivity index (χ1) is 16.0. The summed E-state index contributed by atoms with van der Waals surface area (Å²) >= 11 is 1.47. The second-order valence-electron chi connectivity index (χ2n) is 8.06. The van der Waals surface area contributed by atoms with Gasteiger partial charge in [-0.05, 0) is 25.0 Å². The van der Waals surface area contributed by atoms with E-state index in [0.29, 0.717) is 18.8 Å². The maximum Gasteiger partial charge on any atom is 0.245 e. The fourth-order valence-corrected chi connectivity index (χ4v) is 6.64. The molecule has 7 nitrogen and oxygen atoms in total. The van der Waals surface area contributed by atoms with Gasteiger partial charge >= 0.3 is 0 Å². The lowest BCUT2D eigenvalue weighted by molar-refractivity contribution is -0.115. The molecule has 0 unspecified atom stereocenters. The molecule has 0 saturated carbocycles. The van der Waals surface area contributed by atoms with E-state index in [1.807, 2.05) is 46.3 Å². The first kappa shape index (κ1) is 21.8. The summed E-state index contributed by atoms with van der Waals surface area (Å²) < 4.78 is 29.8. The third-order valence-corrected chi connectivity index (χ3v) is 8.63. The van der Waals surface area contributed by atoms with Gasteiger partial charge in [0.15, 0.2) is 4.96 Å². The molecule has 0 radical (unpaired) electrons. The summed E-state index contributed by atoms with van der Waals surface area (Å²) in [5, 5.41) is 4.73. The molecule has 1 N–H and O–H groups in total. The van der Waals surface area contributed by atoms with Gasteiger partial charge in [-0.3, -0.25) is 9.20 Å². The van der Waals surface area contributed by atoms with Crippen molar-refractivity contribution in [1.29, 1.82) is 0 Å². The number of nitrogens with zero attached hydrogens (tertiary/aromatic N) is 3. The number of thiazole rings is 1. The molecular formula is C24H24N4O3S2. The molecule has 0 bridgehead atoms. The molecule has 2 aromatic carbocycles. The van der Waals surface area contributed by atoms with Crippen LogP contribution in [0.3, 0.4) is 0 Å². The minimum Gasteiger partial charge on any atom is -0.325 e. The highest BCUT2D eigenvalue weighted by molar-refractivity contribution is 7.89. The number of imidazole rings is 1. The van der Waals surface area contributed by atoms with Crippen LogP contribution in [0.2, 0.25) is 0 Å². The van der Waals surface area contributed by atoms with Crippen LogP contribution in [-0.4, -0.2) is 41.1 Å². The van der Waals surface area contributed by atoms with Crippen LogP contribution in [0.4, 0.5) is 5.69 Å². The van der Waals surface area contributed by atoms with Gasteiger partial charge in [-0.25, -0.2) is 13.4 Å². The predicted octanol–water partition coefficient (Wildman–Crippen LogP) is 4.42. The van der Waals surface area contributed by atoms with Crippen LogP contribution < -0.4 is 5.32 Å². The number of aromatic nitrogens is 2. The molecule has 1 fully saturated rings. The zero-order valence-corrected chi connectivity index (χ0v) is 19.6. The fourth-order valence-electron chi connectivity index (χ4n) is 4.10. The number of carbonyl (C=O) groups excluding carboxylic acids is 1. The molecule has 0 aliphatic carbocycles. The molecule has 4 aromatic rings. The van der Waals surface area contributed by atoms with E-state index < -0.39 is 10.0 Å². The molecule has 1 amide bonds. The molecule has 2 aromatic heterocycles. The van der Waals surface area contributed by atoms with Gasteiger partial charge in [0.2, 0.25) is 15.9 Å². The van der Waals surface area contributed by atoms with E-state index in [1.54, 1.807) is 24.3 Å². The van der Waals surface area contributed by atoms with Crippen molar-refractivity contribution in [3.05, 3.63) is 71.9 Å². The largest absolute Gasteiger partial charge is 0.325 e. The van der Waals surface area contributed by atoms with Crippen molar-refractivity contribution in [2.45, 2.75) is 30.6 Å². The Balaban J connectivity index is 1.36. The first-order valence-corrected chi connectivity index (χ1v) is 13.2. The van der Waals surface area contributed by atoms with Crippen LogP contribution in [0, 0.1) is 0 Å². The Morgan fingerprint density at radius 1 is 1.00 bits per heavy atom. The lowest BCUT2D eigenvalue weighted by Gasteiger charge is -2.26. The van der Waals surface area contributed by atoms with Gasteiger partial charge < -0.3 is 5.32 Å². The molecule has 33 heavy (non-hydrogen) atoms. The minimum atomic E-state index is -3.66. The average molecular weight is 481 g/mol. The molecule has 1 aliphatic heterocycles. The monoisotopic (exact) mass is 480 g/mol. The number of hydrogen-bond donors (Lipinski definition) is 1. The average Bonchev–Trinajstić information content (AvgIpc) is 3.42. The maximum absolute atomic E-state index is 13.2. The highest BCUT2D eigenvalue weighted by Gasteiger charge is 2.28. The van der Waals surface area contributed by atoms with Gasteiger partial charge in [0.1, 0.15) is 4.90 Å². The molecule has 0 atom stereocenters. The van der Waals surface area contributed by atoms with Gasteiger partial charge in [-0.1, -0.05) is 48.9 Å². The van der Waals surface area contributed by atoms with E-state index in [4.69, 9.17) is 0 Å². The SMILES string of the molecule is O=C(Cc1csc2nc(-c3ccccc3)cn12)Nc1ccccc1S(=O)(=O)N1CCCCC1. The van der Waals surface area contributed by atoms with Crippen LogP contribution in [0.5, 0.6) is 0 Å². The van der Waals surface area contributed by atoms with E-state index in [1.165, 1.54) is 15.6 Å². The number of nitrogens with one attached hydrogen (secondary N) is 1. The van der Waals surface area contributed by atoms with Crippen molar-refractivity contribution < 1.29 is 13.2 Å². The van der Waals surface area contributed by atoms with Crippen molar-refractivity contribution >= 4 is 37.9 Å². The van der Waals surface area contributed by atoms with Crippen molar-refractivity contribution in [2.24, 2.45) is 0 Å². The molecule has 9 heteroatoms. The van der Waals surface area contributed by atoms with Gasteiger partial charge in [-0.2, -0.15) is 4.31 Å². The Kier molecular flexibility index (Phi) is 6.01. The Hall–Kier alpha value is -3.01. The maximum atomic E-state index is 13.2. The second kappa shape index (κ2) is 9.09. The highest BCUT2D eigenvalue weighted by atomic mass is 32.2. The molecule has 5 rings (SSSR count). The number of anilines is 1. The van der Waals surface area contributed by atoms with Crippen molar-refractivity contribution in [3.63, 3.8) is 0 Å². The predicted molar refractivity (Wildman–Crippen MR) is 130 cm³/mol. The van der Waals surface area contributed by atoms with E-state index in [0.717, 1.165) is 41.2 Å². The van der Waals surface area contributed by atoms with Crippen molar-refractivity contribution in [2.75, 3.05) is 18.4 Å². The lowest BCUT2D eigenvalue weighted by Crippen LogP contribution is -2.36. The number of carbonyl (C=O) groups is 1. The fraction of sp³-hybridized carbons (Fsp3) is 0.250. The number of fused-ring (bicyclic) bond motifs is 1. The number of benzene rings is 2. The van der Waals surface area contributed by atoms with Crippen molar-refractivity contribution in [1.82, 2.24) is 13.7 Å². The van der Waals surface area contributed by atoms with E-state index in [9.17, 15) is 13.2 Å². The molecule has 170 valence electrons. The standard InChI is InChI=1S/C24H24N4O3S2/c29-23(15-19-17-32-24-26-21(16-28(19)24)18-9-3-1-4-10-18)25-20-11-5-6-12-22(20)33(30,31)27-13-7-2-8-14-27/h1,3-6,9-12,16-17H,2,7-8,13-15H2,(H,25,29). The van der Waals surface area contributed by atoms with Crippen molar-refractivity contribution in [3.8, 4) is 11.3 Å². The third-order valence-electron chi connectivity index (χ3n) is 5.79. The number of rotatable bonds is 6. The molecular weight excluding hydrogens is 456 g/mol. The number of sulfonamides is 1. The summed E-state index contributed by atoms with van der Waals surface area (Å²) in [5.74, 6) is -0.272. The van der Waals surface area contributed by atoms with E-state index in [2.05, 4.69) is 10.3 Å². The number of hydrogen-bond acceptors (Lipinski definition) is 5. The van der Waals surface area contributed by atoms with E-state index >= 15 is 0 Å².